The second-order valence-corrected chi connectivity index (χ2v) is 7.58. The van der Waals surface area contributed by atoms with Crippen molar-refractivity contribution < 1.29 is 9.90 Å². The third-order valence-electron chi connectivity index (χ3n) is 5.05. The van der Waals surface area contributed by atoms with Crippen LogP contribution in [0.1, 0.15) is 53.4 Å². The van der Waals surface area contributed by atoms with Gasteiger partial charge in [-0.25, -0.2) is 0 Å². The maximum atomic E-state index is 13.1. The van der Waals surface area contributed by atoms with Gasteiger partial charge in [0.2, 0.25) is 0 Å². The van der Waals surface area contributed by atoms with Gasteiger partial charge in [0.05, 0.1) is 23.6 Å². The molecule has 0 aliphatic heterocycles. The van der Waals surface area contributed by atoms with Crippen molar-refractivity contribution in [2.24, 2.45) is 0 Å². The molecule has 1 amide bonds. The lowest BCUT2D eigenvalue weighted by Crippen LogP contribution is -2.27. The Morgan fingerprint density at radius 1 is 1.06 bits per heavy atom. The molecule has 2 aromatic heterocycles. The summed E-state index contributed by atoms with van der Waals surface area (Å²) in [6.45, 7) is 5.45. The van der Waals surface area contributed by atoms with Crippen molar-refractivity contribution in [3.63, 3.8) is 0 Å². The van der Waals surface area contributed by atoms with Gasteiger partial charge in [0.1, 0.15) is 6.10 Å². The average Bonchev–Trinajstić information content (AvgIpc) is 3.30. The molecular formula is C23H23N7O2. The van der Waals surface area contributed by atoms with Crippen molar-refractivity contribution in [2.45, 2.75) is 32.9 Å². The minimum absolute atomic E-state index is 0.273. The van der Waals surface area contributed by atoms with Crippen LogP contribution in [0.4, 0.5) is 0 Å². The second-order valence-electron chi connectivity index (χ2n) is 7.58. The zero-order valence-electron chi connectivity index (χ0n) is 18.0. The third-order valence-corrected chi connectivity index (χ3v) is 5.05. The Balaban J connectivity index is 1.75. The fraction of sp³-hybridized carbons (Fsp3) is 0.217. The number of aryl methyl sites for hydroxylation is 1. The number of rotatable bonds is 6. The largest absolute Gasteiger partial charge is 0.385 e. The molecule has 2 heterocycles. The first kappa shape index (κ1) is 21.3. The number of aliphatic hydroxyl groups is 1. The first-order valence-corrected chi connectivity index (χ1v) is 10.2. The van der Waals surface area contributed by atoms with Crippen LogP contribution in [0.25, 0.3) is 16.8 Å². The highest BCUT2D eigenvalue weighted by Crippen LogP contribution is 2.26. The van der Waals surface area contributed by atoms with Crippen molar-refractivity contribution in [1.82, 2.24) is 35.5 Å². The maximum absolute atomic E-state index is 13.1. The van der Waals surface area contributed by atoms with Gasteiger partial charge in [-0.05, 0) is 60.5 Å². The fourth-order valence-electron chi connectivity index (χ4n) is 3.30. The number of aromatic nitrogens is 6. The van der Waals surface area contributed by atoms with Crippen LogP contribution in [0.15, 0.2) is 61.1 Å². The second kappa shape index (κ2) is 9.03. The molecule has 0 fully saturated rings. The minimum atomic E-state index is -0.873. The van der Waals surface area contributed by atoms with Crippen LogP contribution in [0, 0.1) is 6.92 Å². The van der Waals surface area contributed by atoms with E-state index in [1.54, 1.807) is 31.6 Å². The smallest absolute Gasteiger partial charge is 0.251 e. The molecule has 0 aliphatic carbocycles. The Morgan fingerprint density at radius 3 is 2.53 bits per heavy atom. The van der Waals surface area contributed by atoms with Crippen LogP contribution in [-0.2, 0) is 0 Å². The first-order valence-electron chi connectivity index (χ1n) is 10.2. The topological polar surface area (TPSA) is 119 Å². The lowest BCUT2D eigenvalue weighted by Gasteiger charge is -2.15. The number of hydrogen-bond donors (Lipinski definition) is 2. The molecule has 2 aromatic carbocycles. The van der Waals surface area contributed by atoms with E-state index in [0.29, 0.717) is 16.9 Å². The lowest BCUT2D eigenvalue weighted by molar-refractivity contribution is 0.0939. The highest BCUT2D eigenvalue weighted by atomic mass is 16.3. The SMILES string of the molecule is Cc1ccc(-c2cc(C(=O)NC(C)c3cnccn3)cc(-n3nnnc3C(C)O)c2)cc1. The van der Waals surface area contributed by atoms with E-state index in [9.17, 15) is 9.90 Å². The molecule has 4 rings (SSSR count). The molecule has 9 nitrogen and oxygen atoms in total. The van der Waals surface area contributed by atoms with E-state index in [4.69, 9.17) is 0 Å². The summed E-state index contributed by atoms with van der Waals surface area (Å²) in [7, 11) is 0. The summed E-state index contributed by atoms with van der Waals surface area (Å²) in [6, 6.07) is 13.1. The molecule has 2 N–H and O–H groups in total. The predicted octanol–water partition coefficient (Wildman–Crippen LogP) is 2.97. The highest BCUT2D eigenvalue weighted by Gasteiger charge is 2.18. The van der Waals surface area contributed by atoms with Gasteiger partial charge in [-0.3, -0.25) is 14.8 Å². The van der Waals surface area contributed by atoms with Gasteiger partial charge < -0.3 is 10.4 Å². The van der Waals surface area contributed by atoms with Gasteiger partial charge in [-0.2, -0.15) is 4.68 Å². The first-order chi connectivity index (χ1) is 15.4. The lowest BCUT2D eigenvalue weighted by atomic mass is 10.0. The van der Waals surface area contributed by atoms with Crippen LogP contribution < -0.4 is 5.32 Å². The number of hydrogen-bond acceptors (Lipinski definition) is 7. The van der Waals surface area contributed by atoms with E-state index in [0.717, 1.165) is 16.7 Å². The molecule has 4 aromatic rings. The molecule has 0 radical (unpaired) electrons. The molecular weight excluding hydrogens is 406 g/mol. The summed E-state index contributed by atoms with van der Waals surface area (Å²) in [5.41, 5.74) is 4.57. The van der Waals surface area contributed by atoms with Crippen molar-refractivity contribution >= 4 is 5.91 Å². The van der Waals surface area contributed by atoms with Crippen LogP contribution in [0.3, 0.4) is 0 Å². The van der Waals surface area contributed by atoms with Gasteiger partial charge in [0, 0.05) is 18.0 Å². The monoisotopic (exact) mass is 429 g/mol. The molecule has 0 saturated heterocycles. The van der Waals surface area contributed by atoms with Crippen molar-refractivity contribution in [1.29, 1.82) is 0 Å². The van der Waals surface area contributed by atoms with Crippen molar-refractivity contribution in [3.8, 4) is 16.8 Å². The number of aliphatic hydroxyl groups excluding tert-OH is 1. The normalized spacial score (nSPS) is 12.9. The van der Waals surface area contributed by atoms with Gasteiger partial charge in [0.15, 0.2) is 5.82 Å². The number of amides is 1. The Labute approximate surface area is 185 Å². The summed E-state index contributed by atoms with van der Waals surface area (Å²) in [6.07, 6.45) is 3.92. The summed E-state index contributed by atoms with van der Waals surface area (Å²) in [4.78, 5) is 21.4. The fourth-order valence-corrected chi connectivity index (χ4v) is 3.30. The van der Waals surface area contributed by atoms with E-state index in [-0.39, 0.29) is 17.8 Å². The number of nitrogens with one attached hydrogen (secondary N) is 1. The predicted molar refractivity (Wildman–Crippen MR) is 118 cm³/mol. The molecule has 0 aliphatic rings. The molecule has 162 valence electrons. The standard InChI is InChI=1S/C23H23N7O2/c1-14-4-6-17(7-5-14)18-10-19(23(32)26-15(2)21-13-24-8-9-25-21)12-20(11-18)30-22(16(3)31)27-28-29-30/h4-13,15-16,31H,1-3H3,(H,26,32). The van der Waals surface area contributed by atoms with Crippen LogP contribution in [0.2, 0.25) is 0 Å². The van der Waals surface area contributed by atoms with Crippen LogP contribution in [0.5, 0.6) is 0 Å². The molecule has 9 heteroatoms. The van der Waals surface area contributed by atoms with E-state index in [1.807, 2.05) is 50.2 Å². The zero-order chi connectivity index (χ0) is 22.7. The Hall–Kier alpha value is -3.98. The molecule has 32 heavy (non-hydrogen) atoms. The van der Waals surface area contributed by atoms with Gasteiger partial charge in [-0.1, -0.05) is 29.8 Å². The number of nitrogens with zero attached hydrogens (tertiary/aromatic N) is 6. The summed E-state index contributed by atoms with van der Waals surface area (Å²) < 4.78 is 1.44. The van der Waals surface area contributed by atoms with Gasteiger partial charge in [0.25, 0.3) is 5.91 Å². The van der Waals surface area contributed by atoms with Crippen LogP contribution >= 0.6 is 0 Å². The summed E-state index contributed by atoms with van der Waals surface area (Å²) in [5.74, 6) is 0.00961. The highest BCUT2D eigenvalue weighted by molar-refractivity contribution is 5.96. The summed E-state index contributed by atoms with van der Waals surface area (Å²) in [5, 5.41) is 24.6. The number of carbonyl (C=O) groups is 1. The quantitative estimate of drug-likeness (QED) is 0.484. The Kier molecular flexibility index (Phi) is 6.00. The maximum Gasteiger partial charge on any atom is 0.251 e. The zero-order valence-corrected chi connectivity index (χ0v) is 18.0. The summed E-state index contributed by atoms with van der Waals surface area (Å²) >= 11 is 0. The molecule has 0 bridgehead atoms. The van der Waals surface area contributed by atoms with Gasteiger partial charge in [-0.15, -0.1) is 5.10 Å². The van der Waals surface area contributed by atoms with E-state index in [2.05, 4.69) is 30.8 Å². The van der Waals surface area contributed by atoms with E-state index >= 15 is 0 Å². The number of tetrazole rings is 1. The van der Waals surface area contributed by atoms with Crippen molar-refractivity contribution in [3.05, 3.63) is 83.7 Å². The molecule has 0 spiro atoms. The van der Waals surface area contributed by atoms with Crippen LogP contribution in [-0.4, -0.2) is 41.2 Å². The van der Waals surface area contributed by atoms with E-state index < -0.39 is 6.10 Å². The van der Waals surface area contributed by atoms with Gasteiger partial charge >= 0.3 is 0 Å². The Bertz CT molecular complexity index is 1220. The Morgan fingerprint density at radius 2 is 1.84 bits per heavy atom. The average molecular weight is 429 g/mol. The molecule has 0 saturated carbocycles. The third kappa shape index (κ3) is 4.52. The number of carbonyl (C=O) groups excluding carboxylic acids is 1. The molecule has 2 unspecified atom stereocenters. The minimum Gasteiger partial charge on any atom is -0.385 e. The number of benzene rings is 2. The van der Waals surface area contributed by atoms with Crippen molar-refractivity contribution in [2.75, 3.05) is 0 Å². The molecule has 2 atom stereocenters. The van der Waals surface area contributed by atoms with E-state index in [1.165, 1.54) is 4.68 Å².